The topological polar surface area (TPSA) is 104 Å². The number of carbonyl (C=O) groups is 2. The first-order valence-electron chi connectivity index (χ1n) is 9.60. The van der Waals surface area contributed by atoms with Crippen molar-refractivity contribution in [1.82, 2.24) is 4.90 Å². The Morgan fingerprint density at radius 3 is 2.16 bits per heavy atom. The maximum absolute atomic E-state index is 12.8. The maximum Gasteiger partial charge on any atom is 0.490 e. The van der Waals surface area contributed by atoms with Crippen molar-refractivity contribution >= 4 is 11.9 Å². The molecule has 0 saturated heterocycles. The van der Waals surface area contributed by atoms with Gasteiger partial charge in [-0.05, 0) is 66.6 Å². The number of rotatable bonds is 3. The molecule has 0 saturated carbocycles. The van der Waals surface area contributed by atoms with Crippen LogP contribution in [0.15, 0.2) is 36.4 Å². The highest BCUT2D eigenvalue weighted by Crippen LogP contribution is 2.23. The van der Waals surface area contributed by atoms with E-state index < -0.39 is 18.2 Å². The highest BCUT2D eigenvalue weighted by Gasteiger charge is 2.38. The van der Waals surface area contributed by atoms with Crippen LogP contribution in [0.4, 0.5) is 13.2 Å². The van der Waals surface area contributed by atoms with Gasteiger partial charge in [0.2, 0.25) is 5.91 Å². The second-order valence-electron chi connectivity index (χ2n) is 7.45. The van der Waals surface area contributed by atoms with Gasteiger partial charge in [0.15, 0.2) is 0 Å². The highest BCUT2D eigenvalue weighted by molar-refractivity contribution is 5.82. The third-order valence-corrected chi connectivity index (χ3v) is 5.11. The summed E-state index contributed by atoms with van der Waals surface area (Å²) in [6.45, 7) is 5.24. The van der Waals surface area contributed by atoms with Gasteiger partial charge in [-0.15, -0.1) is 0 Å². The molecular formula is C22H25F3N2O4. The van der Waals surface area contributed by atoms with Crippen LogP contribution >= 0.6 is 0 Å². The number of amides is 1. The molecule has 1 unspecified atom stereocenters. The fourth-order valence-electron chi connectivity index (χ4n) is 3.52. The standard InChI is InChI=1S/C20H24N2O2.C2HF3O2/c1-13-9-17(23)10-14(2)18(13)11-19(21)20(24)22-8-7-15-5-3-4-6-16(15)12-22;3-2(4,5)1(6)7/h3-6,9-10,19,23H,7-8,11-12,21H2,1-2H3;(H,6,7). The van der Waals surface area contributed by atoms with E-state index >= 15 is 0 Å². The van der Waals surface area contributed by atoms with Crippen molar-refractivity contribution in [2.45, 2.75) is 45.5 Å². The summed E-state index contributed by atoms with van der Waals surface area (Å²) in [7, 11) is 0. The Kier molecular flexibility index (Phi) is 7.67. The molecule has 4 N–H and O–H groups in total. The third kappa shape index (κ3) is 6.45. The van der Waals surface area contributed by atoms with E-state index in [0.29, 0.717) is 13.0 Å². The van der Waals surface area contributed by atoms with E-state index in [1.54, 1.807) is 12.1 Å². The van der Waals surface area contributed by atoms with Crippen LogP contribution in [-0.4, -0.2) is 45.8 Å². The number of phenols is 1. The van der Waals surface area contributed by atoms with E-state index in [4.69, 9.17) is 15.6 Å². The molecule has 0 bridgehead atoms. The van der Waals surface area contributed by atoms with Crippen LogP contribution in [0.25, 0.3) is 0 Å². The number of aliphatic carboxylic acids is 1. The second kappa shape index (κ2) is 9.82. The van der Waals surface area contributed by atoms with Crippen LogP contribution in [-0.2, 0) is 29.0 Å². The summed E-state index contributed by atoms with van der Waals surface area (Å²) >= 11 is 0. The largest absolute Gasteiger partial charge is 0.508 e. The fraction of sp³-hybridized carbons (Fsp3) is 0.364. The quantitative estimate of drug-likeness (QED) is 0.683. The monoisotopic (exact) mass is 438 g/mol. The number of benzene rings is 2. The molecule has 0 aliphatic carbocycles. The summed E-state index contributed by atoms with van der Waals surface area (Å²) < 4.78 is 31.7. The van der Waals surface area contributed by atoms with Crippen molar-refractivity contribution < 1.29 is 33.0 Å². The van der Waals surface area contributed by atoms with Crippen molar-refractivity contribution in [2.24, 2.45) is 5.73 Å². The average molecular weight is 438 g/mol. The third-order valence-electron chi connectivity index (χ3n) is 5.11. The van der Waals surface area contributed by atoms with Gasteiger partial charge in [-0.2, -0.15) is 13.2 Å². The lowest BCUT2D eigenvalue weighted by molar-refractivity contribution is -0.192. The van der Waals surface area contributed by atoms with Gasteiger partial charge in [0.1, 0.15) is 5.75 Å². The molecule has 0 spiro atoms. The molecule has 0 fully saturated rings. The number of nitrogens with zero attached hydrogens (tertiary/aromatic N) is 1. The molecule has 1 aliphatic rings. The Bertz CT molecular complexity index is 937. The lowest BCUT2D eigenvalue weighted by Gasteiger charge is -2.31. The van der Waals surface area contributed by atoms with Crippen LogP contribution < -0.4 is 5.73 Å². The summed E-state index contributed by atoms with van der Waals surface area (Å²) in [6, 6.07) is 11.1. The first-order valence-corrected chi connectivity index (χ1v) is 9.60. The zero-order chi connectivity index (χ0) is 23.3. The summed E-state index contributed by atoms with van der Waals surface area (Å²) in [5.74, 6) is -2.51. The summed E-state index contributed by atoms with van der Waals surface area (Å²) in [5, 5.41) is 16.8. The van der Waals surface area contributed by atoms with Crippen molar-refractivity contribution in [3.05, 3.63) is 64.2 Å². The number of fused-ring (bicyclic) bond motifs is 1. The number of carboxylic acids is 1. The average Bonchev–Trinajstić information content (AvgIpc) is 2.69. The Morgan fingerprint density at radius 2 is 1.65 bits per heavy atom. The molecule has 1 heterocycles. The number of carbonyl (C=O) groups excluding carboxylic acids is 1. The minimum Gasteiger partial charge on any atom is -0.508 e. The van der Waals surface area contributed by atoms with Crippen molar-refractivity contribution in [3.8, 4) is 5.75 Å². The van der Waals surface area contributed by atoms with Crippen molar-refractivity contribution in [3.63, 3.8) is 0 Å². The van der Waals surface area contributed by atoms with Gasteiger partial charge < -0.3 is 20.8 Å². The van der Waals surface area contributed by atoms with Crippen LogP contribution in [0.2, 0.25) is 0 Å². The van der Waals surface area contributed by atoms with E-state index in [9.17, 15) is 23.1 Å². The number of hydrogen-bond donors (Lipinski definition) is 3. The van der Waals surface area contributed by atoms with Crippen LogP contribution in [0, 0.1) is 13.8 Å². The highest BCUT2D eigenvalue weighted by atomic mass is 19.4. The Hall–Kier alpha value is -3.07. The van der Waals surface area contributed by atoms with Gasteiger partial charge in [-0.3, -0.25) is 4.79 Å². The molecule has 0 aromatic heterocycles. The minimum atomic E-state index is -5.08. The molecule has 1 amide bonds. The molecule has 2 aromatic rings. The Morgan fingerprint density at radius 1 is 1.13 bits per heavy atom. The van der Waals surface area contributed by atoms with Gasteiger partial charge in [0, 0.05) is 13.1 Å². The summed E-state index contributed by atoms with van der Waals surface area (Å²) in [5.41, 5.74) is 11.7. The maximum atomic E-state index is 12.8. The zero-order valence-corrected chi connectivity index (χ0v) is 17.2. The van der Waals surface area contributed by atoms with E-state index in [1.165, 1.54) is 11.1 Å². The smallest absolute Gasteiger partial charge is 0.490 e. The zero-order valence-electron chi connectivity index (χ0n) is 17.2. The number of aromatic hydroxyl groups is 1. The van der Waals surface area contributed by atoms with E-state index in [0.717, 1.165) is 29.7 Å². The van der Waals surface area contributed by atoms with Crippen molar-refractivity contribution in [1.29, 1.82) is 0 Å². The number of halogens is 3. The lowest BCUT2D eigenvalue weighted by Crippen LogP contribution is -2.46. The molecule has 31 heavy (non-hydrogen) atoms. The molecule has 3 rings (SSSR count). The van der Waals surface area contributed by atoms with Crippen LogP contribution in [0.5, 0.6) is 5.75 Å². The molecule has 1 atom stereocenters. The van der Waals surface area contributed by atoms with Gasteiger partial charge in [0.05, 0.1) is 6.04 Å². The van der Waals surface area contributed by atoms with Gasteiger partial charge in [-0.25, -0.2) is 4.79 Å². The number of phenolic OH excluding ortho intramolecular Hbond substituents is 1. The summed E-state index contributed by atoms with van der Waals surface area (Å²) in [4.78, 5) is 23.5. The minimum absolute atomic E-state index is 0.00335. The first kappa shape index (κ1) is 24.2. The fourth-order valence-corrected chi connectivity index (χ4v) is 3.52. The summed E-state index contributed by atoms with van der Waals surface area (Å²) in [6.07, 6.45) is -3.71. The molecule has 9 heteroatoms. The number of aryl methyl sites for hydroxylation is 2. The normalized spacial score (nSPS) is 14.2. The molecule has 6 nitrogen and oxygen atoms in total. The molecular weight excluding hydrogens is 413 g/mol. The molecule has 168 valence electrons. The van der Waals surface area contributed by atoms with Gasteiger partial charge in [-0.1, -0.05) is 24.3 Å². The van der Waals surface area contributed by atoms with Crippen LogP contribution in [0.3, 0.4) is 0 Å². The number of alkyl halides is 3. The van der Waals surface area contributed by atoms with E-state index in [-0.39, 0.29) is 11.7 Å². The van der Waals surface area contributed by atoms with Crippen molar-refractivity contribution in [2.75, 3.05) is 6.54 Å². The molecule has 0 radical (unpaired) electrons. The predicted octanol–water partition coefficient (Wildman–Crippen LogP) is 3.10. The van der Waals surface area contributed by atoms with Gasteiger partial charge >= 0.3 is 12.1 Å². The van der Waals surface area contributed by atoms with E-state index in [1.807, 2.05) is 30.9 Å². The Balaban J connectivity index is 0.000000423. The number of nitrogens with two attached hydrogens (primary N) is 1. The number of hydrogen-bond acceptors (Lipinski definition) is 4. The Labute approximate surface area is 178 Å². The first-order chi connectivity index (χ1) is 14.4. The van der Waals surface area contributed by atoms with Gasteiger partial charge in [0.25, 0.3) is 0 Å². The molecule has 2 aromatic carbocycles. The predicted molar refractivity (Wildman–Crippen MR) is 109 cm³/mol. The van der Waals surface area contributed by atoms with Crippen LogP contribution in [0.1, 0.15) is 27.8 Å². The lowest BCUT2D eigenvalue weighted by atomic mass is 9.94. The SMILES string of the molecule is Cc1cc(O)cc(C)c1CC(N)C(=O)N1CCc2ccccc2C1.O=C(O)C(F)(F)F. The second-order valence-corrected chi connectivity index (χ2v) is 7.45. The van der Waals surface area contributed by atoms with E-state index in [2.05, 4.69) is 12.1 Å². The molecule has 1 aliphatic heterocycles. The number of carboxylic acid groups (broad SMARTS) is 1.